The molecule has 0 saturated carbocycles. The van der Waals surface area contributed by atoms with Crippen LogP contribution < -0.4 is 10.6 Å². The first-order valence-electron chi connectivity index (χ1n) is 9.43. The Morgan fingerprint density at radius 2 is 1.89 bits per heavy atom. The average molecular weight is 407 g/mol. The van der Waals surface area contributed by atoms with Gasteiger partial charge in [-0.25, -0.2) is 4.79 Å². The summed E-state index contributed by atoms with van der Waals surface area (Å²) in [5.41, 5.74) is 0. The maximum Gasteiger partial charge on any atom is 0.324 e. The highest BCUT2D eigenvalue weighted by Crippen LogP contribution is 2.08. The number of nitrogens with zero attached hydrogens (tertiary/aromatic N) is 3. The van der Waals surface area contributed by atoms with Crippen LogP contribution in [0.15, 0.2) is 17.5 Å². The topological polar surface area (TPSA) is 102 Å². The van der Waals surface area contributed by atoms with Gasteiger partial charge in [-0.05, 0) is 11.4 Å². The fourth-order valence-corrected chi connectivity index (χ4v) is 3.88. The third kappa shape index (κ3) is 5.52. The van der Waals surface area contributed by atoms with Gasteiger partial charge in [0, 0.05) is 65.2 Å². The Kier molecular flexibility index (Phi) is 6.99. The minimum atomic E-state index is -0.418. The third-order valence-electron chi connectivity index (χ3n) is 4.92. The van der Waals surface area contributed by atoms with E-state index in [1.807, 2.05) is 16.3 Å². The molecule has 0 aromatic carbocycles. The Balaban J connectivity index is 1.31. The highest BCUT2D eigenvalue weighted by molar-refractivity contribution is 7.12. The molecule has 152 valence electrons. The Hall–Kier alpha value is -2.46. The molecule has 2 aliphatic heterocycles. The number of hydrogen-bond acceptors (Lipinski definition) is 6. The SMILES string of the molecule is O=C1CCN(CCC(=O)N2CCN(CCNC(=O)c3cccs3)CC2)C(=O)N1. The Morgan fingerprint density at radius 3 is 2.57 bits per heavy atom. The van der Waals surface area contributed by atoms with Crippen molar-refractivity contribution in [3.05, 3.63) is 22.4 Å². The number of hydrogen-bond donors (Lipinski definition) is 2. The number of piperazine rings is 1. The van der Waals surface area contributed by atoms with Crippen molar-refractivity contribution in [2.45, 2.75) is 12.8 Å². The maximum absolute atomic E-state index is 12.4. The van der Waals surface area contributed by atoms with Crippen LogP contribution in [0, 0.1) is 0 Å². The van der Waals surface area contributed by atoms with Gasteiger partial charge < -0.3 is 15.1 Å². The van der Waals surface area contributed by atoms with Gasteiger partial charge in [-0.15, -0.1) is 11.3 Å². The maximum atomic E-state index is 12.4. The molecule has 3 heterocycles. The molecule has 5 amide bonds. The van der Waals surface area contributed by atoms with Gasteiger partial charge >= 0.3 is 6.03 Å². The third-order valence-corrected chi connectivity index (χ3v) is 5.79. The van der Waals surface area contributed by atoms with Crippen molar-refractivity contribution in [2.24, 2.45) is 0 Å². The summed E-state index contributed by atoms with van der Waals surface area (Å²) < 4.78 is 0. The van der Waals surface area contributed by atoms with E-state index >= 15 is 0 Å². The summed E-state index contributed by atoms with van der Waals surface area (Å²) in [4.78, 5) is 53.4. The molecule has 0 unspecified atom stereocenters. The second-order valence-electron chi connectivity index (χ2n) is 6.80. The second kappa shape index (κ2) is 9.65. The van der Waals surface area contributed by atoms with Crippen molar-refractivity contribution in [2.75, 3.05) is 52.4 Å². The lowest BCUT2D eigenvalue weighted by Gasteiger charge is -2.35. The molecule has 0 radical (unpaired) electrons. The van der Waals surface area contributed by atoms with Gasteiger partial charge in [0.05, 0.1) is 4.88 Å². The van der Waals surface area contributed by atoms with E-state index in [0.29, 0.717) is 37.6 Å². The van der Waals surface area contributed by atoms with Gasteiger partial charge in [-0.2, -0.15) is 0 Å². The van der Waals surface area contributed by atoms with Crippen molar-refractivity contribution in [1.82, 2.24) is 25.3 Å². The first-order chi connectivity index (χ1) is 13.5. The van der Waals surface area contributed by atoms with E-state index in [2.05, 4.69) is 15.5 Å². The van der Waals surface area contributed by atoms with E-state index in [9.17, 15) is 19.2 Å². The highest BCUT2D eigenvalue weighted by atomic mass is 32.1. The zero-order valence-electron chi connectivity index (χ0n) is 15.7. The van der Waals surface area contributed by atoms with E-state index in [1.54, 1.807) is 6.07 Å². The number of rotatable bonds is 7. The largest absolute Gasteiger partial charge is 0.350 e. The molecule has 2 aliphatic rings. The van der Waals surface area contributed by atoms with Crippen molar-refractivity contribution in [3.63, 3.8) is 0 Å². The molecule has 2 fully saturated rings. The van der Waals surface area contributed by atoms with Gasteiger partial charge in [-0.3, -0.25) is 24.6 Å². The van der Waals surface area contributed by atoms with Crippen LogP contribution >= 0.6 is 11.3 Å². The van der Waals surface area contributed by atoms with E-state index in [0.717, 1.165) is 19.6 Å². The summed E-state index contributed by atoms with van der Waals surface area (Å²) >= 11 is 1.42. The Labute approximate surface area is 167 Å². The summed E-state index contributed by atoms with van der Waals surface area (Å²) in [6.45, 7) is 4.83. The molecule has 0 bridgehead atoms. The predicted molar refractivity (Wildman–Crippen MR) is 104 cm³/mol. The van der Waals surface area contributed by atoms with Gasteiger partial charge in [-0.1, -0.05) is 6.07 Å². The van der Waals surface area contributed by atoms with E-state index in [4.69, 9.17) is 0 Å². The number of thiophene rings is 1. The van der Waals surface area contributed by atoms with Crippen molar-refractivity contribution in [1.29, 1.82) is 0 Å². The lowest BCUT2D eigenvalue weighted by Crippen LogP contribution is -2.52. The average Bonchev–Trinajstić information content (AvgIpc) is 3.22. The Bertz CT molecular complexity index is 716. The highest BCUT2D eigenvalue weighted by Gasteiger charge is 2.25. The van der Waals surface area contributed by atoms with Gasteiger partial charge in [0.25, 0.3) is 5.91 Å². The molecule has 0 atom stereocenters. The van der Waals surface area contributed by atoms with Crippen LogP contribution in [0.3, 0.4) is 0 Å². The molecule has 1 aromatic heterocycles. The Morgan fingerprint density at radius 1 is 1.11 bits per heavy atom. The van der Waals surface area contributed by atoms with Crippen molar-refractivity contribution < 1.29 is 19.2 Å². The van der Waals surface area contributed by atoms with Crippen LogP contribution in [0.1, 0.15) is 22.5 Å². The van der Waals surface area contributed by atoms with Gasteiger partial charge in [0.1, 0.15) is 0 Å². The minimum absolute atomic E-state index is 0.0235. The zero-order valence-corrected chi connectivity index (χ0v) is 16.5. The molecule has 10 heteroatoms. The monoisotopic (exact) mass is 407 g/mol. The molecule has 9 nitrogen and oxygen atoms in total. The smallest absolute Gasteiger partial charge is 0.324 e. The summed E-state index contributed by atoms with van der Waals surface area (Å²) in [5, 5.41) is 7.05. The number of carbonyl (C=O) groups is 4. The molecule has 3 rings (SSSR count). The van der Waals surface area contributed by atoms with Crippen LogP contribution in [-0.4, -0.2) is 90.8 Å². The van der Waals surface area contributed by atoms with Gasteiger partial charge in [0.2, 0.25) is 11.8 Å². The minimum Gasteiger partial charge on any atom is -0.350 e. The zero-order chi connectivity index (χ0) is 19.9. The number of urea groups is 1. The molecule has 28 heavy (non-hydrogen) atoms. The summed E-state index contributed by atoms with van der Waals surface area (Å²) in [6.07, 6.45) is 0.542. The number of carbonyl (C=O) groups excluding carboxylic acids is 4. The van der Waals surface area contributed by atoms with Crippen LogP contribution in [-0.2, 0) is 9.59 Å². The molecule has 2 saturated heterocycles. The first kappa shape index (κ1) is 20.3. The van der Waals surface area contributed by atoms with Crippen LogP contribution in [0.2, 0.25) is 0 Å². The molecule has 0 aliphatic carbocycles. The van der Waals surface area contributed by atoms with E-state index in [1.165, 1.54) is 16.2 Å². The standard InChI is InChI=1S/C18H25N5O4S/c24-15-3-6-23(18(27)20-15)7-4-16(25)22-11-9-21(10-12-22)8-5-19-17(26)14-2-1-13-28-14/h1-2,13H,3-12H2,(H,19,26)(H,20,24,27). The number of imide groups is 1. The first-order valence-corrected chi connectivity index (χ1v) is 10.3. The molecule has 0 spiro atoms. The van der Waals surface area contributed by atoms with Crippen LogP contribution in [0.25, 0.3) is 0 Å². The van der Waals surface area contributed by atoms with Crippen molar-refractivity contribution >= 4 is 35.1 Å². The summed E-state index contributed by atoms with van der Waals surface area (Å²) in [6, 6.07) is 3.24. The summed E-state index contributed by atoms with van der Waals surface area (Å²) in [7, 11) is 0. The molecular formula is C18H25N5O4S. The van der Waals surface area contributed by atoms with Crippen LogP contribution in [0.4, 0.5) is 4.79 Å². The normalized spacial score (nSPS) is 18.1. The predicted octanol–water partition coefficient (Wildman–Crippen LogP) is -0.0459. The van der Waals surface area contributed by atoms with Crippen molar-refractivity contribution in [3.8, 4) is 0 Å². The molecular weight excluding hydrogens is 382 g/mol. The second-order valence-corrected chi connectivity index (χ2v) is 7.74. The lowest BCUT2D eigenvalue weighted by atomic mass is 10.2. The number of nitrogens with one attached hydrogen (secondary N) is 2. The fourth-order valence-electron chi connectivity index (χ4n) is 3.24. The quantitative estimate of drug-likeness (QED) is 0.660. The van der Waals surface area contributed by atoms with Gasteiger partial charge in [0.15, 0.2) is 0 Å². The molecule has 2 N–H and O–H groups in total. The lowest BCUT2D eigenvalue weighted by molar-refractivity contribution is -0.133. The molecule has 1 aromatic rings. The van der Waals surface area contributed by atoms with E-state index in [-0.39, 0.29) is 30.6 Å². The van der Waals surface area contributed by atoms with Crippen LogP contribution in [0.5, 0.6) is 0 Å². The fraction of sp³-hybridized carbons (Fsp3) is 0.556. The summed E-state index contributed by atoms with van der Waals surface area (Å²) in [5.74, 6) is -0.294. The number of amides is 5. The van der Waals surface area contributed by atoms with E-state index < -0.39 is 6.03 Å².